The third kappa shape index (κ3) is 4.90. The van der Waals surface area contributed by atoms with Gasteiger partial charge in [0, 0.05) is 0 Å². The summed E-state index contributed by atoms with van der Waals surface area (Å²) in [5, 5.41) is 5.68. The van der Waals surface area contributed by atoms with E-state index in [0.717, 1.165) is 29.7 Å². The fraction of sp³-hybridized carbons (Fsp3) is 0.360. The highest BCUT2D eigenvalue weighted by molar-refractivity contribution is 6.04. The summed E-state index contributed by atoms with van der Waals surface area (Å²) < 4.78 is 11.6. The Bertz CT molecular complexity index is 961. The standard InChI is InChI=1S/C25H28N2O4/c1-16(2)30-24(28)21-22(17-8-4-3-5-9-17)26-25(29)27-23(21)18-12-14-20(15-13-18)31-19-10-6-7-11-19/h3-5,8-9,12-16,19,23H,6-7,10-11H2,1-2H3,(H2,26,27,29). The molecule has 0 aromatic heterocycles. The number of esters is 1. The van der Waals surface area contributed by atoms with Crippen LogP contribution in [0.15, 0.2) is 60.2 Å². The molecule has 0 bridgehead atoms. The van der Waals surface area contributed by atoms with E-state index in [2.05, 4.69) is 10.6 Å². The third-order valence-electron chi connectivity index (χ3n) is 5.52. The molecule has 2 aromatic rings. The summed E-state index contributed by atoms with van der Waals surface area (Å²) in [6, 6.07) is 15.9. The fourth-order valence-corrected chi connectivity index (χ4v) is 4.08. The minimum atomic E-state index is -0.629. The summed E-state index contributed by atoms with van der Waals surface area (Å²) in [6.07, 6.45) is 4.57. The highest BCUT2D eigenvalue weighted by atomic mass is 16.5. The first-order chi connectivity index (χ1) is 15.0. The van der Waals surface area contributed by atoms with Crippen LogP contribution in [0.4, 0.5) is 4.79 Å². The van der Waals surface area contributed by atoms with Crippen LogP contribution in [-0.4, -0.2) is 24.2 Å². The van der Waals surface area contributed by atoms with E-state index in [-0.39, 0.29) is 18.2 Å². The normalized spacial score (nSPS) is 19.2. The number of amides is 2. The summed E-state index contributed by atoms with van der Waals surface area (Å²) in [5.41, 5.74) is 2.38. The number of rotatable bonds is 6. The van der Waals surface area contributed by atoms with Gasteiger partial charge in [0.2, 0.25) is 0 Å². The highest BCUT2D eigenvalue weighted by Gasteiger charge is 2.34. The van der Waals surface area contributed by atoms with Gasteiger partial charge in [-0.25, -0.2) is 9.59 Å². The zero-order chi connectivity index (χ0) is 21.8. The minimum absolute atomic E-state index is 0.269. The SMILES string of the molecule is CC(C)OC(=O)C1=C(c2ccccc2)NC(=O)NC1c1ccc(OC2CCCC2)cc1. The summed E-state index contributed by atoms with van der Waals surface area (Å²) in [6.45, 7) is 3.61. The first-order valence-electron chi connectivity index (χ1n) is 10.9. The fourth-order valence-electron chi connectivity index (χ4n) is 4.08. The number of urea groups is 1. The van der Waals surface area contributed by atoms with Crippen LogP contribution < -0.4 is 15.4 Å². The summed E-state index contributed by atoms with van der Waals surface area (Å²) in [4.78, 5) is 25.6. The number of benzene rings is 2. The second-order valence-corrected chi connectivity index (χ2v) is 8.23. The van der Waals surface area contributed by atoms with E-state index in [0.29, 0.717) is 11.3 Å². The van der Waals surface area contributed by atoms with Gasteiger partial charge in [-0.2, -0.15) is 0 Å². The van der Waals surface area contributed by atoms with Crippen molar-refractivity contribution in [2.45, 2.75) is 57.8 Å². The van der Waals surface area contributed by atoms with Gasteiger partial charge in [0.1, 0.15) is 5.75 Å². The number of hydrogen-bond donors (Lipinski definition) is 2. The summed E-state index contributed by atoms with van der Waals surface area (Å²) >= 11 is 0. The van der Waals surface area contributed by atoms with Crippen molar-refractivity contribution in [2.24, 2.45) is 0 Å². The second kappa shape index (κ2) is 9.25. The van der Waals surface area contributed by atoms with Crippen molar-refractivity contribution in [3.05, 3.63) is 71.3 Å². The molecule has 31 heavy (non-hydrogen) atoms. The van der Waals surface area contributed by atoms with E-state index in [4.69, 9.17) is 9.47 Å². The molecular weight excluding hydrogens is 392 g/mol. The van der Waals surface area contributed by atoms with Crippen molar-refractivity contribution in [3.63, 3.8) is 0 Å². The van der Waals surface area contributed by atoms with Crippen LogP contribution in [0.5, 0.6) is 5.75 Å². The molecule has 2 amide bonds. The maximum Gasteiger partial charge on any atom is 0.338 e. The number of carbonyl (C=O) groups is 2. The number of nitrogens with one attached hydrogen (secondary N) is 2. The Labute approximate surface area is 182 Å². The van der Waals surface area contributed by atoms with Gasteiger partial charge in [-0.15, -0.1) is 0 Å². The Morgan fingerprint density at radius 2 is 1.68 bits per heavy atom. The lowest BCUT2D eigenvalue weighted by Gasteiger charge is -2.30. The zero-order valence-electron chi connectivity index (χ0n) is 17.9. The summed E-state index contributed by atoms with van der Waals surface area (Å²) in [7, 11) is 0. The molecule has 1 saturated carbocycles. The maximum absolute atomic E-state index is 13.1. The molecule has 2 aliphatic rings. The van der Waals surface area contributed by atoms with Gasteiger partial charge in [0.15, 0.2) is 0 Å². The van der Waals surface area contributed by atoms with Crippen LogP contribution in [0.25, 0.3) is 5.70 Å². The van der Waals surface area contributed by atoms with Gasteiger partial charge in [-0.05, 0) is 62.8 Å². The van der Waals surface area contributed by atoms with Gasteiger partial charge in [-0.1, -0.05) is 42.5 Å². The number of hydrogen-bond acceptors (Lipinski definition) is 4. The maximum atomic E-state index is 13.1. The van der Waals surface area contributed by atoms with E-state index in [9.17, 15) is 9.59 Å². The third-order valence-corrected chi connectivity index (χ3v) is 5.52. The van der Waals surface area contributed by atoms with Crippen molar-refractivity contribution in [1.29, 1.82) is 0 Å². The van der Waals surface area contributed by atoms with Crippen LogP contribution in [0.2, 0.25) is 0 Å². The Kier molecular flexibility index (Phi) is 6.26. The van der Waals surface area contributed by atoms with Gasteiger partial charge < -0.3 is 20.1 Å². The van der Waals surface area contributed by atoms with Gasteiger partial charge >= 0.3 is 12.0 Å². The Balaban J connectivity index is 1.69. The molecule has 1 aliphatic carbocycles. The topological polar surface area (TPSA) is 76.7 Å². The van der Waals surface area contributed by atoms with Crippen molar-refractivity contribution in [3.8, 4) is 5.75 Å². The molecule has 1 fully saturated rings. The van der Waals surface area contributed by atoms with Crippen LogP contribution in [0.3, 0.4) is 0 Å². The Hall–Kier alpha value is -3.28. The number of ether oxygens (including phenoxy) is 2. The van der Waals surface area contributed by atoms with Crippen LogP contribution in [0, 0.1) is 0 Å². The van der Waals surface area contributed by atoms with Crippen LogP contribution >= 0.6 is 0 Å². The van der Waals surface area contributed by atoms with Gasteiger partial charge in [0.25, 0.3) is 0 Å². The molecule has 0 spiro atoms. The molecule has 1 atom stereocenters. The average Bonchev–Trinajstić information content (AvgIpc) is 3.27. The van der Waals surface area contributed by atoms with Crippen molar-refractivity contribution < 1.29 is 19.1 Å². The van der Waals surface area contributed by atoms with E-state index in [1.807, 2.05) is 54.6 Å². The molecule has 4 rings (SSSR count). The average molecular weight is 421 g/mol. The lowest BCUT2D eigenvalue weighted by Crippen LogP contribution is -2.45. The largest absolute Gasteiger partial charge is 0.490 e. The molecule has 6 nitrogen and oxygen atoms in total. The first-order valence-corrected chi connectivity index (χ1v) is 10.9. The molecule has 0 radical (unpaired) electrons. The van der Waals surface area contributed by atoms with Gasteiger partial charge in [0.05, 0.1) is 29.5 Å². The highest BCUT2D eigenvalue weighted by Crippen LogP contribution is 2.33. The second-order valence-electron chi connectivity index (χ2n) is 8.23. The quantitative estimate of drug-likeness (QED) is 0.663. The van der Waals surface area contributed by atoms with Crippen molar-refractivity contribution >= 4 is 17.7 Å². The van der Waals surface area contributed by atoms with E-state index in [1.165, 1.54) is 12.8 Å². The van der Waals surface area contributed by atoms with Gasteiger partial charge in [-0.3, -0.25) is 0 Å². The molecule has 0 saturated heterocycles. The van der Waals surface area contributed by atoms with Crippen molar-refractivity contribution in [2.75, 3.05) is 0 Å². The van der Waals surface area contributed by atoms with E-state index >= 15 is 0 Å². The molecule has 6 heteroatoms. The number of carbonyl (C=O) groups excluding carboxylic acids is 2. The lowest BCUT2D eigenvalue weighted by atomic mass is 9.92. The lowest BCUT2D eigenvalue weighted by molar-refractivity contribution is -0.143. The zero-order valence-corrected chi connectivity index (χ0v) is 17.9. The van der Waals surface area contributed by atoms with Crippen molar-refractivity contribution in [1.82, 2.24) is 10.6 Å². The molecule has 1 unspecified atom stereocenters. The Morgan fingerprint density at radius 3 is 2.32 bits per heavy atom. The van der Waals surface area contributed by atoms with E-state index < -0.39 is 12.0 Å². The molecular formula is C25H28N2O4. The smallest absolute Gasteiger partial charge is 0.338 e. The predicted molar refractivity (Wildman–Crippen MR) is 118 cm³/mol. The minimum Gasteiger partial charge on any atom is -0.490 e. The van der Waals surface area contributed by atoms with E-state index in [1.54, 1.807) is 13.8 Å². The monoisotopic (exact) mass is 420 g/mol. The first kappa shape index (κ1) is 21.0. The molecule has 2 N–H and O–H groups in total. The van der Waals surface area contributed by atoms with Crippen LogP contribution in [0.1, 0.15) is 56.7 Å². The molecule has 162 valence electrons. The van der Waals surface area contributed by atoms with Crippen LogP contribution in [-0.2, 0) is 9.53 Å². The molecule has 1 aliphatic heterocycles. The molecule has 1 heterocycles. The predicted octanol–water partition coefficient (Wildman–Crippen LogP) is 4.72. The molecule has 2 aromatic carbocycles. The Morgan fingerprint density at radius 1 is 1.00 bits per heavy atom. The summed E-state index contributed by atoms with van der Waals surface area (Å²) in [5.74, 6) is 0.340.